The fraction of sp³-hybridized carbons (Fsp3) is 0.409. The molecule has 0 bridgehead atoms. The second kappa shape index (κ2) is 10.3. The molecule has 7 nitrogen and oxygen atoms in total. The van der Waals surface area contributed by atoms with Gasteiger partial charge in [-0.05, 0) is 56.5 Å². The maximum Gasteiger partial charge on any atom is 0.243 e. The fourth-order valence-corrected chi connectivity index (χ4v) is 5.73. The number of carbonyl (C=O) groups is 1. The zero-order valence-electron chi connectivity index (χ0n) is 18.7. The molecule has 1 amide bonds. The Bertz CT molecular complexity index is 1130. The van der Waals surface area contributed by atoms with Crippen molar-refractivity contribution < 1.29 is 13.2 Å². The molecule has 1 aromatic heterocycles. The molecule has 0 spiro atoms. The second-order valence-corrected chi connectivity index (χ2v) is 10.0. The molecule has 0 atom stereocenters. The lowest BCUT2D eigenvalue weighted by atomic mass is 10.1. The van der Waals surface area contributed by atoms with Crippen molar-refractivity contribution in [1.82, 2.24) is 9.29 Å². The highest BCUT2D eigenvalue weighted by molar-refractivity contribution is 8.00. The molecule has 0 aliphatic carbocycles. The summed E-state index contributed by atoms with van der Waals surface area (Å²) in [7, 11) is -3.64. The first-order valence-electron chi connectivity index (χ1n) is 9.98. The number of sulfonamides is 1. The molecule has 0 fully saturated rings. The molecule has 2 aromatic rings. The van der Waals surface area contributed by atoms with Gasteiger partial charge in [-0.3, -0.25) is 4.79 Å². The Morgan fingerprint density at radius 3 is 2.39 bits per heavy atom. The first kappa shape index (κ1) is 24.9. The van der Waals surface area contributed by atoms with Crippen molar-refractivity contribution >= 4 is 33.4 Å². The molecule has 9 heteroatoms. The third kappa shape index (κ3) is 5.45. The number of thioether (sulfide) groups is 1. The molecule has 1 heterocycles. The van der Waals surface area contributed by atoms with Gasteiger partial charge in [-0.2, -0.15) is 9.57 Å². The minimum atomic E-state index is -3.64. The molecule has 2 rings (SSSR count). The van der Waals surface area contributed by atoms with Crippen molar-refractivity contribution in [3.05, 3.63) is 46.1 Å². The summed E-state index contributed by atoms with van der Waals surface area (Å²) < 4.78 is 27.2. The molecule has 0 saturated carbocycles. The zero-order chi connectivity index (χ0) is 23.3. The number of hydrogen-bond acceptors (Lipinski definition) is 6. The van der Waals surface area contributed by atoms with Gasteiger partial charge in [-0.1, -0.05) is 31.7 Å². The zero-order valence-corrected chi connectivity index (χ0v) is 20.4. The lowest BCUT2D eigenvalue weighted by Crippen LogP contribution is -2.31. The van der Waals surface area contributed by atoms with Crippen LogP contribution < -0.4 is 5.32 Å². The van der Waals surface area contributed by atoms with Crippen LogP contribution in [0.5, 0.6) is 0 Å². The Hall–Kier alpha value is -2.41. The van der Waals surface area contributed by atoms with E-state index < -0.39 is 10.0 Å². The molecule has 0 aliphatic heterocycles. The summed E-state index contributed by atoms with van der Waals surface area (Å²) in [6, 6.07) is 7.02. The topological polar surface area (TPSA) is 103 Å². The van der Waals surface area contributed by atoms with Crippen LogP contribution in [-0.4, -0.2) is 42.5 Å². The smallest absolute Gasteiger partial charge is 0.243 e. The monoisotopic (exact) mass is 460 g/mol. The molecule has 31 heavy (non-hydrogen) atoms. The number of benzene rings is 1. The second-order valence-electron chi connectivity index (χ2n) is 7.15. The van der Waals surface area contributed by atoms with E-state index in [0.717, 1.165) is 16.8 Å². The van der Waals surface area contributed by atoms with Crippen LogP contribution in [-0.2, 0) is 14.8 Å². The van der Waals surface area contributed by atoms with Crippen LogP contribution in [0.3, 0.4) is 0 Å². The average Bonchev–Trinajstić information content (AvgIpc) is 2.72. The van der Waals surface area contributed by atoms with Crippen LogP contribution in [0.25, 0.3) is 0 Å². The van der Waals surface area contributed by atoms with Gasteiger partial charge in [0.05, 0.1) is 16.2 Å². The number of amides is 1. The number of nitriles is 1. The van der Waals surface area contributed by atoms with Gasteiger partial charge in [0.2, 0.25) is 15.9 Å². The van der Waals surface area contributed by atoms with Crippen molar-refractivity contribution in [1.29, 1.82) is 5.26 Å². The first-order chi connectivity index (χ1) is 14.6. The van der Waals surface area contributed by atoms with Gasteiger partial charge in [0.25, 0.3) is 0 Å². The number of aryl methyl sites for hydroxylation is 2. The lowest BCUT2D eigenvalue weighted by Gasteiger charge is -2.20. The number of nitrogens with one attached hydrogen (secondary N) is 1. The van der Waals surface area contributed by atoms with Gasteiger partial charge in [0, 0.05) is 24.5 Å². The van der Waals surface area contributed by atoms with E-state index in [1.807, 2.05) is 20.8 Å². The van der Waals surface area contributed by atoms with E-state index in [1.165, 1.54) is 22.1 Å². The number of pyridine rings is 1. The molecule has 0 aliphatic rings. The minimum Gasteiger partial charge on any atom is -0.325 e. The number of rotatable bonds is 8. The van der Waals surface area contributed by atoms with Crippen LogP contribution in [0.4, 0.5) is 5.69 Å². The summed E-state index contributed by atoms with van der Waals surface area (Å²) in [5.41, 5.74) is 4.15. The van der Waals surface area contributed by atoms with E-state index >= 15 is 0 Å². The van der Waals surface area contributed by atoms with Crippen molar-refractivity contribution in [2.75, 3.05) is 24.2 Å². The lowest BCUT2D eigenvalue weighted by molar-refractivity contribution is -0.113. The summed E-state index contributed by atoms with van der Waals surface area (Å²) in [6.45, 7) is 11.7. The van der Waals surface area contributed by atoms with Crippen molar-refractivity contribution in [3.63, 3.8) is 0 Å². The number of carbonyl (C=O) groups excluding carboxylic acids is 1. The molecule has 166 valence electrons. The van der Waals surface area contributed by atoms with Crippen molar-refractivity contribution in [3.8, 4) is 6.07 Å². The standard InChI is InChI=1S/C22H28N4O3S2/c1-7-26(8-2)31(28,29)20-11-18(10-9-14(20)3)25-21(27)13-30-22-19(12-23)16(5)15(4)17(6)24-22/h9-11H,7-8,13H2,1-6H3,(H,25,27). The van der Waals surface area contributed by atoms with Gasteiger partial charge >= 0.3 is 0 Å². The van der Waals surface area contributed by atoms with E-state index in [9.17, 15) is 18.5 Å². The first-order valence-corrected chi connectivity index (χ1v) is 12.4. The third-order valence-corrected chi connectivity index (χ3v) is 8.38. The number of aromatic nitrogens is 1. The fourth-order valence-electron chi connectivity index (χ4n) is 3.14. The van der Waals surface area contributed by atoms with E-state index in [2.05, 4.69) is 16.4 Å². The summed E-state index contributed by atoms with van der Waals surface area (Å²) in [5.74, 6) is -0.253. The van der Waals surface area contributed by atoms with Crippen LogP contribution >= 0.6 is 11.8 Å². The Morgan fingerprint density at radius 1 is 1.16 bits per heavy atom. The summed E-state index contributed by atoms with van der Waals surface area (Å²) in [6.07, 6.45) is 0. The normalized spacial score (nSPS) is 11.4. The van der Waals surface area contributed by atoms with Gasteiger partial charge < -0.3 is 5.32 Å². The molecular formula is C22H28N4O3S2. The molecular weight excluding hydrogens is 432 g/mol. The van der Waals surface area contributed by atoms with Crippen LogP contribution in [0.15, 0.2) is 28.1 Å². The van der Waals surface area contributed by atoms with E-state index in [1.54, 1.807) is 32.9 Å². The Labute approximate surface area is 188 Å². The van der Waals surface area contributed by atoms with Gasteiger partial charge in [0.15, 0.2) is 0 Å². The molecule has 0 unspecified atom stereocenters. The average molecular weight is 461 g/mol. The summed E-state index contributed by atoms with van der Waals surface area (Å²) in [4.78, 5) is 17.1. The summed E-state index contributed by atoms with van der Waals surface area (Å²) in [5, 5.41) is 12.7. The Balaban J connectivity index is 2.20. The predicted molar refractivity (Wildman–Crippen MR) is 124 cm³/mol. The van der Waals surface area contributed by atoms with Crippen LogP contribution in [0.2, 0.25) is 0 Å². The minimum absolute atomic E-state index is 0.0512. The molecule has 1 aromatic carbocycles. The van der Waals surface area contributed by atoms with Crippen molar-refractivity contribution in [2.45, 2.75) is 51.5 Å². The quantitative estimate of drug-likeness (QED) is 0.598. The third-order valence-electron chi connectivity index (χ3n) is 5.21. The highest BCUT2D eigenvalue weighted by Gasteiger charge is 2.24. The van der Waals surface area contributed by atoms with Crippen LogP contribution in [0.1, 0.15) is 41.8 Å². The molecule has 0 radical (unpaired) electrons. The maximum atomic E-state index is 12.9. The number of hydrogen-bond donors (Lipinski definition) is 1. The van der Waals surface area contributed by atoms with Gasteiger partial charge in [-0.25, -0.2) is 13.4 Å². The van der Waals surface area contributed by atoms with E-state index in [4.69, 9.17) is 0 Å². The Morgan fingerprint density at radius 2 is 1.81 bits per heavy atom. The molecule has 1 N–H and O–H groups in total. The highest BCUT2D eigenvalue weighted by Crippen LogP contribution is 2.27. The summed E-state index contributed by atoms with van der Waals surface area (Å²) >= 11 is 1.19. The highest BCUT2D eigenvalue weighted by atomic mass is 32.2. The van der Waals surface area contributed by atoms with Gasteiger partial charge in [-0.15, -0.1) is 0 Å². The predicted octanol–water partition coefficient (Wildman–Crippen LogP) is 3.95. The number of anilines is 1. The van der Waals surface area contributed by atoms with E-state index in [-0.39, 0.29) is 16.6 Å². The largest absolute Gasteiger partial charge is 0.325 e. The van der Waals surface area contributed by atoms with Crippen molar-refractivity contribution in [2.24, 2.45) is 0 Å². The van der Waals surface area contributed by atoms with Gasteiger partial charge in [0.1, 0.15) is 11.1 Å². The SMILES string of the molecule is CCN(CC)S(=O)(=O)c1cc(NC(=O)CSc2nc(C)c(C)c(C)c2C#N)ccc1C. The maximum absolute atomic E-state index is 12.9. The number of nitrogens with zero attached hydrogens (tertiary/aromatic N) is 3. The van der Waals surface area contributed by atoms with Crippen LogP contribution in [0, 0.1) is 39.0 Å². The molecule has 0 saturated heterocycles. The Kier molecular flexibility index (Phi) is 8.23. The van der Waals surface area contributed by atoms with E-state index in [0.29, 0.717) is 34.9 Å².